The lowest BCUT2D eigenvalue weighted by molar-refractivity contribution is 0.200. The molecule has 0 N–H and O–H groups in total. The number of aliphatic imine (C=N–C) groups is 1. The van der Waals surface area contributed by atoms with E-state index in [0.29, 0.717) is 11.8 Å². The number of hydrogen-bond donors (Lipinski definition) is 0. The zero-order valence-electron chi connectivity index (χ0n) is 7.98. The molecule has 0 radical (unpaired) electrons. The van der Waals surface area contributed by atoms with Crippen LogP contribution in [-0.4, -0.2) is 17.8 Å². The van der Waals surface area contributed by atoms with E-state index in [1.807, 2.05) is 37.3 Å². The van der Waals surface area contributed by atoms with Crippen LogP contribution in [-0.2, 0) is 4.74 Å². The molecule has 74 valence electrons. The highest BCUT2D eigenvalue weighted by atomic mass is 35.5. The summed E-state index contributed by atoms with van der Waals surface area (Å²) < 4.78 is 5.63. The molecule has 0 saturated heterocycles. The standard InChI is InChI=1S/C11H12ClNO/c1-8-11(14-10(7-12)13-8)9-5-3-2-4-6-9/h2-6,8,11H,7H2,1H3. The van der Waals surface area contributed by atoms with Crippen molar-refractivity contribution in [2.45, 2.75) is 19.1 Å². The van der Waals surface area contributed by atoms with E-state index >= 15 is 0 Å². The van der Waals surface area contributed by atoms with Crippen LogP contribution in [0.5, 0.6) is 0 Å². The first-order valence-electron chi connectivity index (χ1n) is 4.65. The maximum Gasteiger partial charge on any atom is 0.199 e. The average Bonchev–Trinajstić information content (AvgIpc) is 2.61. The topological polar surface area (TPSA) is 21.6 Å². The van der Waals surface area contributed by atoms with Gasteiger partial charge in [0.05, 0.1) is 11.9 Å². The summed E-state index contributed by atoms with van der Waals surface area (Å²) in [4.78, 5) is 4.33. The second-order valence-electron chi connectivity index (χ2n) is 3.35. The number of hydrogen-bond acceptors (Lipinski definition) is 2. The van der Waals surface area contributed by atoms with Gasteiger partial charge in [-0.2, -0.15) is 0 Å². The maximum absolute atomic E-state index is 5.67. The molecule has 2 rings (SSSR count). The van der Waals surface area contributed by atoms with Gasteiger partial charge in [0, 0.05) is 0 Å². The molecule has 0 bridgehead atoms. The summed E-state index contributed by atoms with van der Waals surface area (Å²) in [5.74, 6) is 1.00. The van der Waals surface area contributed by atoms with Crippen molar-refractivity contribution in [2.24, 2.45) is 4.99 Å². The van der Waals surface area contributed by atoms with Crippen LogP contribution < -0.4 is 0 Å². The molecular weight excluding hydrogens is 198 g/mol. The summed E-state index contributed by atoms with van der Waals surface area (Å²) in [5, 5.41) is 0. The molecule has 2 atom stereocenters. The molecule has 1 aromatic carbocycles. The minimum absolute atomic E-state index is 0.0324. The number of alkyl halides is 1. The summed E-state index contributed by atoms with van der Waals surface area (Å²) in [6.45, 7) is 2.04. The number of halogens is 1. The highest BCUT2D eigenvalue weighted by Crippen LogP contribution is 2.28. The lowest BCUT2D eigenvalue weighted by atomic mass is 10.0. The molecule has 0 fully saturated rings. The van der Waals surface area contributed by atoms with E-state index in [-0.39, 0.29) is 12.1 Å². The predicted molar refractivity (Wildman–Crippen MR) is 57.9 cm³/mol. The summed E-state index contributed by atoms with van der Waals surface area (Å²) in [6, 6.07) is 10.3. The lowest BCUT2D eigenvalue weighted by Gasteiger charge is -2.14. The zero-order valence-corrected chi connectivity index (χ0v) is 8.74. The fourth-order valence-corrected chi connectivity index (χ4v) is 1.76. The van der Waals surface area contributed by atoms with E-state index in [4.69, 9.17) is 16.3 Å². The van der Waals surface area contributed by atoms with Gasteiger partial charge in [-0.25, -0.2) is 4.99 Å². The van der Waals surface area contributed by atoms with E-state index in [1.165, 1.54) is 0 Å². The lowest BCUT2D eigenvalue weighted by Crippen LogP contribution is -2.10. The minimum atomic E-state index is 0.0324. The van der Waals surface area contributed by atoms with Crippen molar-refractivity contribution in [3.05, 3.63) is 35.9 Å². The second kappa shape index (κ2) is 4.01. The van der Waals surface area contributed by atoms with Gasteiger partial charge in [0.25, 0.3) is 0 Å². The molecular formula is C11H12ClNO. The van der Waals surface area contributed by atoms with Crippen LogP contribution in [0.25, 0.3) is 0 Å². The van der Waals surface area contributed by atoms with Crippen LogP contribution in [0.15, 0.2) is 35.3 Å². The normalized spacial score (nSPS) is 25.7. The Kier molecular flexibility index (Phi) is 2.73. The molecule has 0 saturated carbocycles. The SMILES string of the molecule is CC1N=C(CCl)OC1c1ccccc1. The molecule has 0 amide bonds. The van der Waals surface area contributed by atoms with E-state index < -0.39 is 0 Å². The highest BCUT2D eigenvalue weighted by molar-refractivity contribution is 6.27. The summed E-state index contributed by atoms with van der Waals surface area (Å²) in [7, 11) is 0. The fourth-order valence-electron chi connectivity index (χ4n) is 1.63. The van der Waals surface area contributed by atoms with Crippen molar-refractivity contribution in [3.8, 4) is 0 Å². The van der Waals surface area contributed by atoms with Gasteiger partial charge in [-0.05, 0) is 12.5 Å². The zero-order chi connectivity index (χ0) is 9.97. The molecule has 1 aliphatic heterocycles. The third kappa shape index (κ3) is 1.75. The predicted octanol–water partition coefficient (Wildman–Crippen LogP) is 2.78. The monoisotopic (exact) mass is 209 g/mol. The van der Waals surface area contributed by atoms with Gasteiger partial charge in [0.2, 0.25) is 0 Å². The molecule has 2 unspecified atom stereocenters. The molecule has 14 heavy (non-hydrogen) atoms. The quantitative estimate of drug-likeness (QED) is 0.687. The summed E-state index contributed by atoms with van der Waals surface area (Å²) in [5.41, 5.74) is 1.16. The smallest absolute Gasteiger partial charge is 0.199 e. The van der Waals surface area contributed by atoms with Crippen LogP contribution in [0.1, 0.15) is 18.6 Å². The number of benzene rings is 1. The first-order valence-corrected chi connectivity index (χ1v) is 5.19. The molecule has 1 aliphatic rings. The Morgan fingerprint density at radius 2 is 2.07 bits per heavy atom. The summed E-state index contributed by atoms with van der Waals surface area (Å²) >= 11 is 5.67. The molecule has 0 spiro atoms. The van der Waals surface area contributed by atoms with E-state index in [0.717, 1.165) is 5.56 Å². The van der Waals surface area contributed by atoms with Gasteiger partial charge >= 0.3 is 0 Å². The minimum Gasteiger partial charge on any atom is -0.470 e. The molecule has 3 heteroatoms. The Bertz CT molecular complexity index is 336. The Labute approximate surface area is 88.6 Å². The molecule has 0 aliphatic carbocycles. The molecule has 2 nitrogen and oxygen atoms in total. The first-order chi connectivity index (χ1) is 6.81. The van der Waals surface area contributed by atoms with Crippen molar-refractivity contribution >= 4 is 17.5 Å². The fraction of sp³-hybridized carbons (Fsp3) is 0.364. The van der Waals surface area contributed by atoms with Crippen molar-refractivity contribution in [3.63, 3.8) is 0 Å². The molecule has 1 aromatic rings. The van der Waals surface area contributed by atoms with Crippen LogP contribution in [0.2, 0.25) is 0 Å². The van der Waals surface area contributed by atoms with Gasteiger partial charge in [-0.1, -0.05) is 30.3 Å². The number of ether oxygens (including phenoxy) is 1. The highest BCUT2D eigenvalue weighted by Gasteiger charge is 2.27. The van der Waals surface area contributed by atoms with E-state index in [9.17, 15) is 0 Å². The third-order valence-corrected chi connectivity index (χ3v) is 2.52. The van der Waals surface area contributed by atoms with Crippen molar-refractivity contribution in [1.82, 2.24) is 0 Å². The van der Waals surface area contributed by atoms with E-state index in [1.54, 1.807) is 0 Å². The molecule has 1 heterocycles. The van der Waals surface area contributed by atoms with E-state index in [2.05, 4.69) is 4.99 Å². The maximum atomic E-state index is 5.67. The Balaban J connectivity index is 2.16. The van der Waals surface area contributed by atoms with Crippen molar-refractivity contribution in [2.75, 3.05) is 5.88 Å². The Hall–Kier alpha value is -1.02. The molecule has 0 aromatic heterocycles. The Morgan fingerprint density at radius 1 is 1.36 bits per heavy atom. The average molecular weight is 210 g/mol. The number of rotatable bonds is 2. The second-order valence-corrected chi connectivity index (χ2v) is 3.61. The number of nitrogens with zero attached hydrogens (tertiary/aromatic N) is 1. The third-order valence-electron chi connectivity index (χ3n) is 2.29. The van der Waals surface area contributed by atoms with Crippen LogP contribution in [0, 0.1) is 0 Å². The van der Waals surface area contributed by atoms with Gasteiger partial charge in [-0.3, -0.25) is 0 Å². The van der Waals surface area contributed by atoms with Crippen LogP contribution in [0.4, 0.5) is 0 Å². The Morgan fingerprint density at radius 3 is 2.64 bits per heavy atom. The van der Waals surface area contributed by atoms with Crippen LogP contribution >= 0.6 is 11.6 Å². The van der Waals surface area contributed by atoms with Crippen molar-refractivity contribution in [1.29, 1.82) is 0 Å². The first kappa shape index (κ1) is 9.53. The largest absolute Gasteiger partial charge is 0.470 e. The van der Waals surface area contributed by atoms with Crippen molar-refractivity contribution < 1.29 is 4.74 Å². The van der Waals surface area contributed by atoms with Gasteiger partial charge in [0.1, 0.15) is 6.10 Å². The summed E-state index contributed by atoms with van der Waals surface area (Å²) in [6.07, 6.45) is 0.0324. The van der Waals surface area contributed by atoms with Gasteiger partial charge in [0.15, 0.2) is 5.90 Å². The van der Waals surface area contributed by atoms with Gasteiger partial charge < -0.3 is 4.74 Å². The van der Waals surface area contributed by atoms with Crippen LogP contribution in [0.3, 0.4) is 0 Å². The van der Waals surface area contributed by atoms with Gasteiger partial charge in [-0.15, -0.1) is 11.6 Å².